The molecule has 4 aromatic rings. The van der Waals surface area contributed by atoms with Crippen molar-refractivity contribution in [1.82, 2.24) is 4.57 Å². The van der Waals surface area contributed by atoms with Gasteiger partial charge in [0.2, 0.25) is 0 Å². The minimum atomic E-state index is -0.748. The standard InChI is InChI=1S/C27H20ClN3O6S/c1-3-36-26(33)23-15(2)29-27-30(24(23)16-7-9-18(28)10-8-16)25(32)22(38-27)14-20-11-12-21(37-20)17-5-4-6-19(13-17)31(34)35/h4-14,24H,3H2,1-2H3. The highest BCUT2D eigenvalue weighted by Crippen LogP contribution is 2.31. The quantitative estimate of drug-likeness (QED) is 0.197. The van der Waals surface area contributed by atoms with Crippen molar-refractivity contribution in [2.45, 2.75) is 19.9 Å². The van der Waals surface area contributed by atoms with Gasteiger partial charge < -0.3 is 9.15 Å². The molecule has 0 amide bonds. The van der Waals surface area contributed by atoms with E-state index in [4.69, 9.17) is 20.8 Å². The van der Waals surface area contributed by atoms with Crippen LogP contribution in [0.5, 0.6) is 0 Å². The van der Waals surface area contributed by atoms with Crippen LogP contribution >= 0.6 is 22.9 Å². The molecule has 192 valence electrons. The molecule has 1 aliphatic heterocycles. The van der Waals surface area contributed by atoms with Gasteiger partial charge >= 0.3 is 5.97 Å². The number of carbonyl (C=O) groups is 1. The predicted octanol–water partition coefficient (Wildman–Crippen LogP) is 4.62. The van der Waals surface area contributed by atoms with E-state index in [0.29, 0.717) is 42.7 Å². The average Bonchev–Trinajstić information content (AvgIpc) is 3.48. The minimum Gasteiger partial charge on any atom is -0.463 e. The molecule has 1 unspecified atom stereocenters. The van der Waals surface area contributed by atoms with Crippen LogP contribution in [0.4, 0.5) is 5.69 Å². The molecule has 0 N–H and O–H groups in total. The predicted molar refractivity (Wildman–Crippen MR) is 143 cm³/mol. The molecule has 0 spiro atoms. The summed E-state index contributed by atoms with van der Waals surface area (Å²) < 4.78 is 13.0. The average molecular weight is 550 g/mol. The maximum Gasteiger partial charge on any atom is 0.338 e. The Kier molecular flexibility index (Phi) is 6.83. The van der Waals surface area contributed by atoms with Crippen molar-refractivity contribution in [1.29, 1.82) is 0 Å². The minimum absolute atomic E-state index is 0.0521. The molecule has 1 atom stereocenters. The number of carbonyl (C=O) groups excluding carboxylic acids is 1. The molecule has 2 aromatic carbocycles. The number of rotatable bonds is 6. The first kappa shape index (κ1) is 25.4. The van der Waals surface area contributed by atoms with E-state index in [1.807, 2.05) is 0 Å². The summed E-state index contributed by atoms with van der Waals surface area (Å²) in [5, 5.41) is 11.6. The molecule has 0 fully saturated rings. The lowest BCUT2D eigenvalue weighted by Gasteiger charge is -2.24. The largest absolute Gasteiger partial charge is 0.463 e. The van der Waals surface area contributed by atoms with E-state index >= 15 is 0 Å². The number of esters is 1. The lowest BCUT2D eigenvalue weighted by atomic mass is 9.96. The van der Waals surface area contributed by atoms with Crippen LogP contribution in [0.2, 0.25) is 5.02 Å². The van der Waals surface area contributed by atoms with Crippen molar-refractivity contribution in [3.63, 3.8) is 0 Å². The third-order valence-electron chi connectivity index (χ3n) is 5.94. The molecule has 38 heavy (non-hydrogen) atoms. The number of benzene rings is 2. The second-order valence-corrected chi connectivity index (χ2v) is 9.81. The second-order valence-electron chi connectivity index (χ2n) is 8.36. The van der Waals surface area contributed by atoms with Crippen LogP contribution < -0.4 is 14.9 Å². The highest BCUT2D eigenvalue weighted by Gasteiger charge is 2.33. The Balaban J connectivity index is 1.61. The van der Waals surface area contributed by atoms with Gasteiger partial charge in [-0.05, 0) is 43.7 Å². The topological polar surface area (TPSA) is 117 Å². The molecule has 2 aromatic heterocycles. The Morgan fingerprint density at radius 2 is 2.00 bits per heavy atom. The van der Waals surface area contributed by atoms with Gasteiger partial charge in [0, 0.05) is 28.8 Å². The molecule has 0 saturated heterocycles. The van der Waals surface area contributed by atoms with Crippen molar-refractivity contribution < 1.29 is 18.9 Å². The molecular formula is C27H20ClN3O6S. The van der Waals surface area contributed by atoms with Gasteiger partial charge in [-0.2, -0.15) is 0 Å². The van der Waals surface area contributed by atoms with Gasteiger partial charge in [-0.1, -0.05) is 47.2 Å². The second kappa shape index (κ2) is 10.2. The van der Waals surface area contributed by atoms with Crippen molar-refractivity contribution in [2.75, 3.05) is 6.61 Å². The molecule has 3 heterocycles. The maximum absolute atomic E-state index is 13.7. The number of fused-ring (bicyclic) bond motifs is 1. The SMILES string of the molecule is CCOC(=O)C1=C(C)N=c2sc(=Cc3ccc(-c4cccc([N+](=O)[O-])c4)o3)c(=O)n2C1c1ccc(Cl)cc1. The first-order valence-corrected chi connectivity index (χ1v) is 12.8. The fraction of sp³-hybridized carbons (Fsp3) is 0.148. The van der Waals surface area contributed by atoms with E-state index in [0.717, 1.165) is 0 Å². The molecule has 0 saturated carbocycles. The smallest absolute Gasteiger partial charge is 0.338 e. The summed E-state index contributed by atoms with van der Waals surface area (Å²) in [7, 11) is 0. The highest BCUT2D eigenvalue weighted by molar-refractivity contribution is 7.07. The van der Waals surface area contributed by atoms with Gasteiger partial charge in [-0.25, -0.2) is 9.79 Å². The third kappa shape index (κ3) is 4.71. The van der Waals surface area contributed by atoms with Crippen LogP contribution in [0.15, 0.2) is 86.1 Å². The van der Waals surface area contributed by atoms with E-state index in [1.165, 1.54) is 28.0 Å². The Morgan fingerprint density at radius 3 is 2.71 bits per heavy atom. The van der Waals surface area contributed by atoms with E-state index in [9.17, 15) is 19.7 Å². The number of hydrogen-bond donors (Lipinski definition) is 0. The van der Waals surface area contributed by atoms with Crippen LogP contribution in [0, 0.1) is 10.1 Å². The number of nitro benzene ring substituents is 1. The first-order valence-electron chi connectivity index (χ1n) is 11.6. The van der Waals surface area contributed by atoms with Gasteiger partial charge in [-0.15, -0.1) is 0 Å². The van der Waals surface area contributed by atoms with Crippen molar-refractivity contribution >= 4 is 40.7 Å². The summed E-state index contributed by atoms with van der Waals surface area (Å²) in [6.07, 6.45) is 1.59. The van der Waals surface area contributed by atoms with Crippen molar-refractivity contribution in [3.8, 4) is 11.3 Å². The lowest BCUT2D eigenvalue weighted by molar-refractivity contribution is -0.384. The number of nitro groups is 1. The summed E-state index contributed by atoms with van der Waals surface area (Å²) in [6, 6.07) is 15.6. The maximum atomic E-state index is 13.7. The van der Waals surface area contributed by atoms with Crippen molar-refractivity contribution in [3.05, 3.63) is 118 Å². The number of halogens is 1. The van der Waals surface area contributed by atoms with Gasteiger partial charge in [0.1, 0.15) is 11.5 Å². The molecular weight excluding hydrogens is 530 g/mol. The summed E-state index contributed by atoms with van der Waals surface area (Å²) in [5.74, 6) is 0.268. The fourth-order valence-corrected chi connectivity index (χ4v) is 5.39. The van der Waals surface area contributed by atoms with Crippen LogP contribution in [-0.2, 0) is 9.53 Å². The Hall–Kier alpha value is -4.28. The first-order chi connectivity index (χ1) is 18.3. The number of allylic oxidation sites excluding steroid dienone is 1. The van der Waals surface area contributed by atoms with Crippen LogP contribution in [0.1, 0.15) is 31.2 Å². The van der Waals surface area contributed by atoms with E-state index in [-0.39, 0.29) is 23.4 Å². The number of thiazole rings is 1. The van der Waals surface area contributed by atoms with Gasteiger partial charge in [0.25, 0.3) is 11.2 Å². The number of nitrogens with zero attached hydrogens (tertiary/aromatic N) is 3. The Morgan fingerprint density at radius 1 is 1.24 bits per heavy atom. The van der Waals surface area contributed by atoms with E-state index < -0.39 is 16.9 Å². The third-order valence-corrected chi connectivity index (χ3v) is 7.18. The van der Waals surface area contributed by atoms with Crippen molar-refractivity contribution in [2.24, 2.45) is 4.99 Å². The molecule has 5 rings (SSSR count). The molecule has 0 aliphatic carbocycles. The summed E-state index contributed by atoms with van der Waals surface area (Å²) in [5.41, 5.74) is 1.56. The highest BCUT2D eigenvalue weighted by atomic mass is 35.5. The Labute approximate surface area is 224 Å². The molecule has 0 bridgehead atoms. The van der Waals surface area contributed by atoms with Gasteiger partial charge in [0.15, 0.2) is 4.80 Å². The number of aromatic nitrogens is 1. The zero-order valence-electron chi connectivity index (χ0n) is 20.2. The van der Waals surface area contributed by atoms with E-state index in [1.54, 1.807) is 68.5 Å². The molecule has 0 radical (unpaired) electrons. The molecule has 11 heteroatoms. The molecule has 9 nitrogen and oxygen atoms in total. The van der Waals surface area contributed by atoms with Crippen LogP contribution in [0.25, 0.3) is 17.4 Å². The lowest BCUT2D eigenvalue weighted by Crippen LogP contribution is -2.39. The zero-order valence-corrected chi connectivity index (χ0v) is 21.8. The monoisotopic (exact) mass is 549 g/mol. The number of non-ortho nitro benzene ring substituents is 1. The van der Waals surface area contributed by atoms with Crippen LogP contribution in [0.3, 0.4) is 0 Å². The van der Waals surface area contributed by atoms with E-state index in [2.05, 4.69) is 4.99 Å². The number of hydrogen-bond acceptors (Lipinski definition) is 8. The summed E-state index contributed by atoms with van der Waals surface area (Å²) in [4.78, 5) is 42.2. The summed E-state index contributed by atoms with van der Waals surface area (Å²) >= 11 is 7.25. The number of furan rings is 1. The summed E-state index contributed by atoms with van der Waals surface area (Å²) in [6.45, 7) is 3.61. The van der Waals surface area contributed by atoms with Crippen LogP contribution in [-0.4, -0.2) is 22.1 Å². The van der Waals surface area contributed by atoms with Gasteiger partial charge in [-0.3, -0.25) is 19.5 Å². The number of ether oxygens (including phenoxy) is 1. The zero-order chi connectivity index (χ0) is 27.0. The Bertz CT molecular complexity index is 1780. The molecule has 1 aliphatic rings. The normalized spacial score (nSPS) is 15.2. The van der Waals surface area contributed by atoms with Gasteiger partial charge in [0.05, 0.1) is 33.4 Å². The fourth-order valence-electron chi connectivity index (χ4n) is 4.24.